The lowest BCUT2D eigenvalue weighted by molar-refractivity contribution is 0.122. The number of morpholine rings is 1. The zero-order valence-corrected chi connectivity index (χ0v) is 15.5. The summed E-state index contributed by atoms with van der Waals surface area (Å²) in [7, 11) is 0. The van der Waals surface area contributed by atoms with E-state index in [1.54, 1.807) is 0 Å². The molecule has 0 bridgehead atoms. The molecular formula is C20H18BrFN2O. The van der Waals surface area contributed by atoms with Crippen molar-refractivity contribution in [2.75, 3.05) is 31.2 Å². The van der Waals surface area contributed by atoms with Gasteiger partial charge >= 0.3 is 0 Å². The van der Waals surface area contributed by atoms with Crippen molar-refractivity contribution in [2.24, 2.45) is 0 Å². The van der Waals surface area contributed by atoms with E-state index in [9.17, 15) is 4.39 Å². The predicted molar refractivity (Wildman–Crippen MR) is 103 cm³/mol. The van der Waals surface area contributed by atoms with Gasteiger partial charge in [0.15, 0.2) is 0 Å². The van der Waals surface area contributed by atoms with Crippen molar-refractivity contribution in [1.29, 1.82) is 0 Å². The van der Waals surface area contributed by atoms with Gasteiger partial charge in [-0.1, -0.05) is 28.1 Å². The number of nitrogens with zero attached hydrogens (tertiary/aromatic N) is 2. The van der Waals surface area contributed by atoms with Gasteiger partial charge in [-0.25, -0.2) is 9.37 Å². The molecule has 0 amide bonds. The summed E-state index contributed by atoms with van der Waals surface area (Å²) in [5.41, 5.74) is 4.09. The Morgan fingerprint density at radius 3 is 2.52 bits per heavy atom. The summed E-state index contributed by atoms with van der Waals surface area (Å²) in [4.78, 5) is 7.21. The minimum atomic E-state index is -0.234. The number of benzene rings is 2. The van der Waals surface area contributed by atoms with E-state index in [-0.39, 0.29) is 5.82 Å². The van der Waals surface area contributed by atoms with E-state index in [4.69, 9.17) is 9.72 Å². The maximum atomic E-state index is 13.4. The lowest BCUT2D eigenvalue weighted by Crippen LogP contribution is -2.37. The Bertz CT molecular complexity index is 921. The minimum absolute atomic E-state index is 0.234. The Kier molecular flexibility index (Phi) is 4.44. The highest BCUT2D eigenvalue weighted by atomic mass is 79.9. The third-order valence-corrected chi connectivity index (χ3v) is 5.13. The molecule has 0 spiro atoms. The Labute approximate surface area is 154 Å². The molecule has 3 nitrogen and oxygen atoms in total. The fourth-order valence-electron chi connectivity index (χ4n) is 3.21. The summed E-state index contributed by atoms with van der Waals surface area (Å²) in [5.74, 6) is 0.696. The quantitative estimate of drug-likeness (QED) is 0.608. The number of hydrogen-bond donors (Lipinski definition) is 0. The molecular weight excluding hydrogens is 383 g/mol. The number of aromatic nitrogens is 1. The van der Waals surface area contributed by atoms with Gasteiger partial charge in [-0.2, -0.15) is 0 Å². The van der Waals surface area contributed by atoms with Crippen LogP contribution >= 0.6 is 15.9 Å². The van der Waals surface area contributed by atoms with Gasteiger partial charge in [-0.05, 0) is 48.4 Å². The molecule has 0 unspecified atom stereocenters. The Morgan fingerprint density at radius 2 is 1.80 bits per heavy atom. The molecule has 3 aromatic rings. The largest absolute Gasteiger partial charge is 0.378 e. The Morgan fingerprint density at radius 1 is 1.08 bits per heavy atom. The molecule has 0 saturated carbocycles. The van der Waals surface area contributed by atoms with Gasteiger partial charge in [-0.15, -0.1) is 0 Å². The molecule has 128 valence electrons. The van der Waals surface area contributed by atoms with Gasteiger partial charge in [0.2, 0.25) is 0 Å². The van der Waals surface area contributed by atoms with Gasteiger partial charge in [0.25, 0.3) is 0 Å². The van der Waals surface area contributed by atoms with Crippen LogP contribution in [-0.4, -0.2) is 31.3 Å². The third-order valence-electron chi connectivity index (χ3n) is 4.47. The highest BCUT2D eigenvalue weighted by Gasteiger charge is 2.19. The zero-order chi connectivity index (χ0) is 17.4. The van der Waals surface area contributed by atoms with Crippen LogP contribution in [0, 0.1) is 12.7 Å². The first-order chi connectivity index (χ1) is 12.1. The second-order valence-electron chi connectivity index (χ2n) is 6.28. The van der Waals surface area contributed by atoms with Crippen LogP contribution in [0.2, 0.25) is 0 Å². The summed E-state index contributed by atoms with van der Waals surface area (Å²) < 4.78 is 19.9. The first-order valence-electron chi connectivity index (χ1n) is 8.31. The van der Waals surface area contributed by atoms with E-state index in [1.807, 2.05) is 12.1 Å². The second kappa shape index (κ2) is 6.73. The summed E-state index contributed by atoms with van der Waals surface area (Å²) in [6, 6.07) is 12.9. The van der Waals surface area contributed by atoms with Crippen molar-refractivity contribution in [3.8, 4) is 11.1 Å². The van der Waals surface area contributed by atoms with Crippen molar-refractivity contribution in [2.45, 2.75) is 6.92 Å². The van der Waals surface area contributed by atoms with Crippen LogP contribution in [0.3, 0.4) is 0 Å². The van der Waals surface area contributed by atoms with Crippen LogP contribution in [0.5, 0.6) is 0 Å². The topological polar surface area (TPSA) is 25.4 Å². The average Bonchev–Trinajstić information content (AvgIpc) is 2.62. The fraction of sp³-hybridized carbons (Fsp3) is 0.250. The number of hydrogen-bond acceptors (Lipinski definition) is 3. The highest BCUT2D eigenvalue weighted by molar-refractivity contribution is 9.10. The highest BCUT2D eigenvalue weighted by Crippen LogP contribution is 2.36. The van der Waals surface area contributed by atoms with Crippen molar-refractivity contribution in [3.63, 3.8) is 0 Å². The number of aryl methyl sites for hydroxylation is 1. The van der Waals surface area contributed by atoms with Crippen LogP contribution < -0.4 is 4.90 Å². The molecule has 4 rings (SSSR count). The third kappa shape index (κ3) is 3.26. The van der Waals surface area contributed by atoms with Gasteiger partial charge in [-0.3, -0.25) is 0 Å². The Hall–Kier alpha value is -1.98. The average molecular weight is 401 g/mol. The molecule has 5 heteroatoms. The number of pyridine rings is 1. The van der Waals surface area contributed by atoms with Gasteiger partial charge in [0, 0.05) is 28.5 Å². The van der Waals surface area contributed by atoms with E-state index >= 15 is 0 Å². The fourth-order valence-corrected chi connectivity index (χ4v) is 3.89. The maximum Gasteiger partial charge on any atom is 0.137 e. The molecule has 1 fully saturated rings. The lowest BCUT2D eigenvalue weighted by Gasteiger charge is -2.30. The van der Waals surface area contributed by atoms with Crippen LogP contribution in [0.4, 0.5) is 10.2 Å². The minimum Gasteiger partial charge on any atom is -0.378 e. The summed E-state index contributed by atoms with van der Waals surface area (Å²) in [6.45, 7) is 5.06. The molecule has 1 aromatic heterocycles. The second-order valence-corrected chi connectivity index (χ2v) is 7.13. The van der Waals surface area contributed by atoms with Gasteiger partial charge < -0.3 is 9.64 Å². The van der Waals surface area contributed by atoms with Crippen LogP contribution in [-0.2, 0) is 4.74 Å². The SMILES string of the molecule is Cc1cc(Br)c2cc(-c3ccc(F)cc3)c(N3CCOCC3)nc2c1. The molecule has 0 aliphatic carbocycles. The normalized spacial score (nSPS) is 14.9. The summed E-state index contributed by atoms with van der Waals surface area (Å²) >= 11 is 3.65. The smallest absolute Gasteiger partial charge is 0.137 e. The molecule has 2 heterocycles. The van der Waals surface area contributed by atoms with Crippen LogP contribution in [0.1, 0.15) is 5.56 Å². The van der Waals surface area contributed by atoms with E-state index in [1.165, 1.54) is 12.1 Å². The van der Waals surface area contributed by atoms with E-state index in [0.29, 0.717) is 13.2 Å². The summed E-state index contributed by atoms with van der Waals surface area (Å²) in [5, 5.41) is 1.06. The van der Waals surface area contributed by atoms with Gasteiger partial charge in [0.05, 0.1) is 18.7 Å². The zero-order valence-electron chi connectivity index (χ0n) is 13.9. The molecule has 0 radical (unpaired) electrons. The number of anilines is 1. The molecule has 1 aliphatic heterocycles. The molecule has 2 aromatic carbocycles. The van der Waals surface area contributed by atoms with Crippen molar-refractivity contribution in [3.05, 3.63) is 58.3 Å². The Balaban J connectivity index is 1.95. The number of halogens is 2. The van der Waals surface area contributed by atoms with Crippen LogP contribution in [0.15, 0.2) is 46.9 Å². The molecule has 1 aliphatic rings. The maximum absolute atomic E-state index is 13.4. The monoisotopic (exact) mass is 400 g/mol. The number of ether oxygens (including phenoxy) is 1. The van der Waals surface area contributed by atoms with E-state index < -0.39 is 0 Å². The number of rotatable bonds is 2. The van der Waals surface area contributed by atoms with Crippen molar-refractivity contribution >= 4 is 32.7 Å². The predicted octanol–water partition coefficient (Wildman–Crippen LogP) is 4.95. The van der Waals surface area contributed by atoms with Crippen molar-refractivity contribution in [1.82, 2.24) is 4.98 Å². The van der Waals surface area contributed by atoms with E-state index in [2.05, 4.69) is 46.0 Å². The lowest BCUT2D eigenvalue weighted by atomic mass is 10.0. The standard InChI is InChI=1S/C20H18BrFN2O/c1-13-10-18(21)17-12-16(14-2-4-15(22)5-3-14)20(23-19(17)11-13)24-6-8-25-9-7-24/h2-5,10-12H,6-9H2,1H3. The molecule has 0 atom stereocenters. The summed E-state index contributed by atoms with van der Waals surface area (Å²) in [6.07, 6.45) is 0. The van der Waals surface area contributed by atoms with Crippen LogP contribution in [0.25, 0.3) is 22.0 Å². The molecule has 25 heavy (non-hydrogen) atoms. The van der Waals surface area contributed by atoms with Crippen molar-refractivity contribution < 1.29 is 9.13 Å². The molecule has 1 saturated heterocycles. The number of fused-ring (bicyclic) bond motifs is 1. The van der Waals surface area contributed by atoms with E-state index in [0.717, 1.165) is 51.0 Å². The molecule has 0 N–H and O–H groups in total. The first kappa shape index (κ1) is 16.5. The first-order valence-corrected chi connectivity index (χ1v) is 9.11. The van der Waals surface area contributed by atoms with Gasteiger partial charge in [0.1, 0.15) is 11.6 Å².